The van der Waals surface area contributed by atoms with Gasteiger partial charge in [0.2, 0.25) is 0 Å². The zero-order valence-electron chi connectivity index (χ0n) is 15.8. The Morgan fingerprint density at radius 2 is 1.32 bits per heavy atom. The number of aryl methyl sites for hydroxylation is 1. The second kappa shape index (κ2) is 6.52. The van der Waals surface area contributed by atoms with Crippen LogP contribution in [0.3, 0.4) is 0 Å². The van der Waals surface area contributed by atoms with E-state index in [0.29, 0.717) is 5.41 Å². The molecule has 2 aromatic rings. The molecule has 2 fully saturated rings. The van der Waals surface area contributed by atoms with E-state index in [1.807, 2.05) is 12.1 Å². The molecular formula is C24H30O. The van der Waals surface area contributed by atoms with Crippen LogP contribution in [0.1, 0.15) is 57.1 Å². The van der Waals surface area contributed by atoms with Crippen LogP contribution in [0.5, 0.6) is 11.5 Å². The van der Waals surface area contributed by atoms with Gasteiger partial charge in [-0.15, -0.1) is 0 Å². The summed E-state index contributed by atoms with van der Waals surface area (Å²) in [6.07, 6.45) is 7.04. The van der Waals surface area contributed by atoms with Crippen molar-refractivity contribution < 1.29 is 4.74 Å². The number of benzene rings is 2. The van der Waals surface area contributed by atoms with E-state index in [1.54, 1.807) is 0 Å². The first-order valence-corrected chi connectivity index (χ1v) is 9.85. The lowest BCUT2D eigenvalue weighted by molar-refractivity contribution is 0.0899. The fourth-order valence-corrected chi connectivity index (χ4v) is 5.49. The van der Waals surface area contributed by atoms with E-state index in [2.05, 4.69) is 57.2 Å². The highest BCUT2D eigenvalue weighted by Crippen LogP contribution is 2.51. The van der Waals surface area contributed by atoms with Gasteiger partial charge in [-0.2, -0.15) is 0 Å². The molecule has 1 heteroatoms. The summed E-state index contributed by atoms with van der Waals surface area (Å²) >= 11 is 0. The van der Waals surface area contributed by atoms with Crippen molar-refractivity contribution in [3.05, 3.63) is 59.7 Å². The van der Waals surface area contributed by atoms with Crippen LogP contribution in [-0.2, 0) is 5.41 Å². The molecule has 25 heavy (non-hydrogen) atoms. The first-order valence-electron chi connectivity index (χ1n) is 9.85. The molecule has 2 bridgehead atoms. The maximum absolute atomic E-state index is 6.00. The average Bonchev–Trinajstić information content (AvgIpc) is 2.56. The Hall–Kier alpha value is -1.76. The fourth-order valence-electron chi connectivity index (χ4n) is 5.49. The third-order valence-corrected chi connectivity index (χ3v) is 6.42. The van der Waals surface area contributed by atoms with Crippen LogP contribution in [0.15, 0.2) is 48.5 Å². The topological polar surface area (TPSA) is 9.23 Å². The highest BCUT2D eigenvalue weighted by molar-refractivity contribution is 5.36. The Kier molecular flexibility index (Phi) is 4.35. The molecule has 0 heterocycles. The van der Waals surface area contributed by atoms with Crippen molar-refractivity contribution >= 4 is 0 Å². The minimum atomic E-state index is 0.343. The van der Waals surface area contributed by atoms with Gasteiger partial charge in [-0.3, -0.25) is 0 Å². The minimum absolute atomic E-state index is 0.343. The first-order chi connectivity index (χ1) is 12.0. The largest absolute Gasteiger partial charge is 0.457 e. The van der Waals surface area contributed by atoms with Crippen molar-refractivity contribution in [2.24, 2.45) is 17.8 Å². The molecule has 0 radical (unpaired) electrons. The van der Waals surface area contributed by atoms with E-state index >= 15 is 0 Å². The number of hydrogen-bond acceptors (Lipinski definition) is 1. The average molecular weight is 335 g/mol. The summed E-state index contributed by atoms with van der Waals surface area (Å²) in [5.41, 5.74) is 3.09. The molecule has 2 saturated carbocycles. The van der Waals surface area contributed by atoms with Crippen LogP contribution in [-0.4, -0.2) is 0 Å². The molecule has 0 N–H and O–H groups in total. The Morgan fingerprint density at radius 1 is 0.800 bits per heavy atom. The summed E-state index contributed by atoms with van der Waals surface area (Å²) in [6.45, 7) is 7.02. The van der Waals surface area contributed by atoms with Gasteiger partial charge in [0.15, 0.2) is 0 Å². The second-order valence-corrected chi connectivity index (χ2v) is 8.95. The first kappa shape index (κ1) is 16.7. The Morgan fingerprint density at radius 3 is 1.88 bits per heavy atom. The van der Waals surface area contributed by atoms with E-state index in [1.165, 1.54) is 43.2 Å². The second-order valence-electron chi connectivity index (χ2n) is 8.95. The lowest BCUT2D eigenvalue weighted by Crippen LogP contribution is -2.38. The maximum Gasteiger partial charge on any atom is 0.127 e. The zero-order valence-corrected chi connectivity index (χ0v) is 15.8. The van der Waals surface area contributed by atoms with Crippen molar-refractivity contribution in [3.63, 3.8) is 0 Å². The molecule has 2 aliphatic rings. The third kappa shape index (κ3) is 3.61. The molecule has 2 aliphatic carbocycles. The van der Waals surface area contributed by atoms with Gasteiger partial charge in [-0.05, 0) is 92.0 Å². The lowest BCUT2D eigenvalue weighted by Gasteiger charge is -2.47. The summed E-state index contributed by atoms with van der Waals surface area (Å²) in [5.74, 6) is 4.62. The van der Waals surface area contributed by atoms with Gasteiger partial charge in [0.1, 0.15) is 11.5 Å². The van der Waals surface area contributed by atoms with Gasteiger partial charge in [-0.1, -0.05) is 43.7 Å². The minimum Gasteiger partial charge on any atom is -0.457 e. The van der Waals surface area contributed by atoms with Gasteiger partial charge in [-0.25, -0.2) is 0 Å². The molecule has 2 unspecified atom stereocenters. The number of rotatable bonds is 3. The summed E-state index contributed by atoms with van der Waals surface area (Å²) in [4.78, 5) is 0. The van der Waals surface area contributed by atoms with Crippen molar-refractivity contribution in [1.82, 2.24) is 0 Å². The molecule has 0 saturated heterocycles. The number of ether oxygens (including phenoxy) is 1. The van der Waals surface area contributed by atoms with Crippen LogP contribution in [0.25, 0.3) is 0 Å². The van der Waals surface area contributed by atoms with Crippen LogP contribution in [0, 0.1) is 24.7 Å². The highest BCUT2D eigenvalue weighted by atomic mass is 16.5. The SMILES string of the molecule is Cc1ccc(Oc2ccc(C3(C)CC4CC(C)CC(C4)C3)cc2)cc1. The van der Waals surface area contributed by atoms with Crippen molar-refractivity contribution in [2.45, 2.75) is 58.3 Å². The Labute approximate surface area is 152 Å². The molecule has 2 atom stereocenters. The monoisotopic (exact) mass is 334 g/mol. The van der Waals surface area contributed by atoms with E-state index in [0.717, 1.165) is 29.3 Å². The van der Waals surface area contributed by atoms with Gasteiger partial charge in [0.05, 0.1) is 0 Å². The summed E-state index contributed by atoms with van der Waals surface area (Å²) in [6, 6.07) is 17.1. The van der Waals surface area contributed by atoms with Crippen molar-refractivity contribution in [2.75, 3.05) is 0 Å². The van der Waals surface area contributed by atoms with Gasteiger partial charge >= 0.3 is 0 Å². The number of fused-ring (bicyclic) bond motifs is 2. The van der Waals surface area contributed by atoms with Crippen molar-refractivity contribution in [3.8, 4) is 11.5 Å². The number of hydrogen-bond donors (Lipinski definition) is 0. The highest BCUT2D eigenvalue weighted by Gasteiger charge is 2.41. The third-order valence-electron chi connectivity index (χ3n) is 6.42. The van der Waals surface area contributed by atoms with Crippen LogP contribution >= 0.6 is 0 Å². The molecule has 0 spiro atoms. The standard InChI is InChI=1S/C24H30O/c1-17-4-8-22(9-5-17)25-23-10-6-21(7-11-23)24(3)15-19-12-18(2)13-20(14-19)16-24/h4-11,18-20H,12-16H2,1-3H3. The fraction of sp³-hybridized carbons (Fsp3) is 0.500. The Bertz CT molecular complexity index is 695. The molecule has 4 rings (SSSR count). The molecule has 2 aromatic carbocycles. The van der Waals surface area contributed by atoms with E-state index < -0.39 is 0 Å². The Balaban J connectivity index is 1.49. The molecular weight excluding hydrogens is 304 g/mol. The van der Waals surface area contributed by atoms with E-state index in [-0.39, 0.29) is 0 Å². The lowest BCUT2D eigenvalue weighted by atomic mass is 9.58. The predicted octanol–water partition coefficient (Wildman–Crippen LogP) is 6.89. The predicted molar refractivity (Wildman–Crippen MR) is 104 cm³/mol. The van der Waals surface area contributed by atoms with Crippen LogP contribution in [0.4, 0.5) is 0 Å². The molecule has 1 nitrogen and oxygen atoms in total. The van der Waals surface area contributed by atoms with Crippen LogP contribution < -0.4 is 4.74 Å². The molecule has 0 aliphatic heterocycles. The normalized spacial score (nSPS) is 31.6. The summed E-state index contributed by atoms with van der Waals surface area (Å²) in [7, 11) is 0. The zero-order chi connectivity index (χ0) is 17.4. The summed E-state index contributed by atoms with van der Waals surface area (Å²) in [5, 5.41) is 0. The van der Waals surface area contributed by atoms with Gasteiger partial charge < -0.3 is 4.74 Å². The van der Waals surface area contributed by atoms with Crippen LogP contribution in [0.2, 0.25) is 0 Å². The van der Waals surface area contributed by atoms with Gasteiger partial charge in [0.25, 0.3) is 0 Å². The van der Waals surface area contributed by atoms with E-state index in [9.17, 15) is 0 Å². The van der Waals surface area contributed by atoms with E-state index in [4.69, 9.17) is 4.74 Å². The molecule has 0 amide bonds. The molecule has 132 valence electrons. The smallest absolute Gasteiger partial charge is 0.127 e. The maximum atomic E-state index is 6.00. The summed E-state index contributed by atoms with van der Waals surface area (Å²) < 4.78 is 6.00. The quantitative estimate of drug-likeness (QED) is 0.593. The van der Waals surface area contributed by atoms with Gasteiger partial charge in [0, 0.05) is 0 Å². The molecule has 0 aromatic heterocycles. The van der Waals surface area contributed by atoms with Crippen molar-refractivity contribution in [1.29, 1.82) is 0 Å².